The smallest absolute Gasteiger partial charge is 0.313 e. The molecule has 0 saturated heterocycles. The number of anilines is 2. The van der Waals surface area contributed by atoms with Gasteiger partial charge in [-0.2, -0.15) is 0 Å². The Hall–Kier alpha value is -2.71. The lowest BCUT2D eigenvalue weighted by Gasteiger charge is -2.31. The highest BCUT2D eigenvalue weighted by Gasteiger charge is 2.25. The second-order valence-electron chi connectivity index (χ2n) is 7.93. The summed E-state index contributed by atoms with van der Waals surface area (Å²) in [5.74, 6) is -1.55. The second kappa shape index (κ2) is 10.1. The molecule has 0 fully saturated rings. The van der Waals surface area contributed by atoms with Gasteiger partial charge in [-0.15, -0.1) is 11.3 Å². The average molecular weight is 444 g/mol. The summed E-state index contributed by atoms with van der Waals surface area (Å²) < 4.78 is 5.44. The quantitative estimate of drug-likeness (QED) is 0.670. The first-order valence-electron chi connectivity index (χ1n) is 10.4. The molecule has 3 rings (SSSR count). The lowest BCUT2D eigenvalue weighted by Crippen LogP contribution is -2.39. The predicted molar refractivity (Wildman–Crippen MR) is 122 cm³/mol. The van der Waals surface area contributed by atoms with Crippen LogP contribution < -0.4 is 15.5 Å². The average Bonchev–Trinajstić information content (AvgIpc) is 3.18. The minimum atomic E-state index is -0.755. The van der Waals surface area contributed by atoms with Crippen LogP contribution in [0.5, 0.6) is 0 Å². The summed E-state index contributed by atoms with van der Waals surface area (Å²) in [5, 5.41) is 5.27. The molecule has 166 valence electrons. The molecule has 1 aliphatic rings. The van der Waals surface area contributed by atoms with Crippen LogP contribution >= 0.6 is 11.3 Å². The molecule has 0 aliphatic carbocycles. The Balaban J connectivity index is 1.64. The Morgan fingerprint density at radius 1 is 1.16 bits per heavy atom. The monoisotopic (exact) mass is 443 g/mol. The van der Waals surface area contributed by atoms with Gasteiger partial charge in [0.15, 0.2) is 0 Å². The van der Waals surface area contributed by atoms with Gasteiger partial charge in [0.2, 0.25) is 5.91 Å². The largest absolute Gasteiger partial charge is 0.374 e. The van der Waals surface area contributed by atoms with E-state index >= 15 is 0 Å². The molecule has 2 N–H and O–H groups in total. The fraction of sp³-hybridized carbons (Fsp3) is 0.435. The zero-order valence-electron chi connectivity index (χ0n) is 18.4. The summed E-state index contributed by atoms with van der Waals surface area (Å²) >= 11 is 1.59. The number of aryl methyl sites for hydroxylation is 2. The minimum absolute atomic E-state index is 0.0524. The number of nitrogens with one attached hydrogen (secondary N) is 2. The third-order valence-corrected chi connectivity index (χ3v) is 6.33. The molecule has 7 nitrogen and oxygen atoms in total. The molecule has 0 spiro atoms. The van der Waals surface area contributed by atoms with Crippen LogP contribution in [0.15, 0.2) is 30.3 Å². The Morgan fingerprint density at radius 3 is 2.58 bits per heavy atom. The van der Waals surface area contributed by atoms with Gasteiger partial charge in [0.05, 0.1) is 0 Å². The number of nitrogens with zero attached hydrogens (tertiary/aromatic N) is 1. The molecule has 1 unspecified atom stereocenters. The predicted octanol–water partition coefficient (Wildman–Crippen LogP) is 3.43. The maximum absolute atomic E-state index is 12.6. The van der Waals surface area contributed by atoms with E-state index in [1.165, 1.54) is 0 Å². The third-order valence-electron chi connectivity index (χ3n) is 5.24. The van der Waals surface area contributed by atoms with Gasteiger partial charge in [-0.05, 0) is 49.6 Å². The molecule has 1 aliphatic heterocycles. The number of fused-ring (bicyclic) bond motifs is 1. The van der Waals surface area contributed by atoms with Crippen LogP contribution in [-0.2, 0) is 25.5 Å². The summed E-state index contributed by atoms with van der Waals surface area (Å²) in [5.41, 5.74) is 2.35. The van der Waals surface area contributed by atoms with Crippen LogP contribution in [0.25, 0.3) is 0 Å². The summed E-state index contributed by atoms with van der Waals surface area (Å²) in [7, 11) is 1.57. The fourth-order valence-electron chi connectivity index (χ4n) is 3.57. The third kappa shape index (κ3) is 5.51. The van der Waals surface area contributed by atoms with Gasteiger partial charge in [0.1, 0.15) is 6.10 Å². The van der Waals surface area contributed by atoms with Gasteiger partial charge in [-0.25, -0.2) is 0 Å². The number of rotatable bonds is 6. The molecule has 1 aromatic carbocycles. The van der Waals surface area contributed by atoms with Gasteiger partial charge < -0.3 is 20.3 Å². The minimum Gasteiger partial charge on any atom is -0.374 e. The van der Waals surface area contributed by atoms with Gasteiger partial charge in [-0.3, -0.25) is 14.4 Å². The number of benzene rings is 1. The van der Waals surface area contributed by atoms with E-state index in [0.717, 1.165) is 33.8 Å². The van der Waals surface area contributed by atoms with E-state index in [4.69, 9.17) is 4.74 Å². The normalized spacial score (nSPS) is 14.2. The Bertz CT molecular complexity index is 969. The van der Waals surface area contributed by atoms with Crippen molar-refractivity contribution in [3.63, 3.8) is 0 Å². The molecule has 0 saturated carbocycles. The van der Waals surface area contributed by atoms with Crippen molar-refractivity contribution in [2.75, 3.05) is 30.4 Å². The molecule has 31 heavy (non-hydrogen) atoms. The first-order chi connectivity index (χ1) is 14.8. The SMILES string of the molecule is COC(CNC(=O)C(=O)Nc1ccc2c(c1)N(C(=O)C(C)C)CCC2)c1ccc(C)s1. The van der Waals surface area contributed by atoms with Crippen LogP contribution in [0.3, 0.4) is 0 Å². The number of carbonyl (C=O) groups excluding carboxylic acids is 3. The number of methoxy groups -OCH3 is 1. The van der Waals surface area contributed by atoms with Crippen molar-refractivity contribution in [3.8, 4) is 0 Å². The highest BCUT2D eigenvalue weighted by atomic mass is 32.1. The van der Waals surface area contributed by atoms with Gasteiger partial charge >= 0.3 is 11.8 Å². The van der Waals surface area contributed by atoms with E-state index in [-0.39, 0.29) is 24.5 Å². The molecule has 0 bridgehead atoms. The molecule has 2 heterocycles. The lowest BCUT2D eigenvalue weighted by atomic mass is 9.99. The Labute approximate surface area is 186 Å². The van der Waals surface area contributed by atoms with Crippen molar-refractivity contribution in [2.24, 2.45) is 5.92 Å². The number of hydrogen-bond donors (Lipinski definition) is 2. The van der Waals surface area contributed by atoms with E-state index in [1.54, 1.807) is 35.5 Å². The van der Waals surface area contributed by atoms with E-state index in [1.807, 2.05) is 39.0 Å². The van der Waals surface area contributed by atoms with Crippen LogP contribution in [0.4, 0.5) is 11.4 Å². The molecular formula is C23H29N3O4S. The molecular weight excluding hydrogens is 414 g/mol. The van der Waals surface area contributed by atoms with Crippen LogP contribution in [0.1, 0.15) is 41.7 Å². The van der Waals surface area contributed by atoms with Gasteiger partial charge in [0.25, 0.3) is 0 Å². The Morgan fingerprint density at radius 2 is 1.94 bits per heavy atom. The molecule has 2 aromatic rings. The number of amides is 3. The Kier molecular flexibility index (Phi) is 7.46. The zero-order chi connectivity index (χ0) is 22.5. The van der Waals surface area contributed by atoms with E-state index in [0.29, 0.717) is 12.2 Å². The highest BCUT2D eigenvalue weighted by Crippen LogP contribution is 2.31. The molecule has 0 radical (unpaired) electrons. The van der Waals surface area contributed by atoms with Gasteiger partial charge in [0, 0.05) is 47.2 Å². The summed E-state index contributed by atoms with van der Waals surface area (Å²) in [6.07, 6.45) is 1.48. The fourth-order valence-corrected chi connectivity index (χ4v) is 4.53. The van der Waals surface area contributed by atoms with E-state index in [9.17, 15) is 14.4 Å². The first-order valence-corrected chi connectivity index (χ1v) is 11.2. The van der Waals surface area contributed by atoms with Crippen LogP contribution in [0, 0.1) is 12.8 Å². The number of thiophene rings is 1. The van der Waals surface area contributed by atoms with Crippen molar-refractivity contribution < 1.29 is 19.1 Å². The summed E-state index contributed by atoms with van der Waals surface area (Å²) in [4.78, 5) is 41.2. The first kappa shape index (κ1) is 23.0. The van der Waals surface area contributed by atoms with Crippen molar-refractivity contribution in [1.29, 1.82) is 0 Å². The maximum Gasteiger partial charge on any atom is 0.313 e. The van der Waals surface area contributed by atoms with E-state index in [2.05, 4.69) is 10.6 Å². The molecule has 1 atom stereocenters. The molecule has 1 aromatic heterocycles. The van der Waals surface area contributed by atoms with Crippen molar-refractivity contribution in [3.05, 3.63) is 45.6 Å². The van der Waals surface area contributed by atoms with Crippen molar-refractivity contribution in [1.82, 2.24) is 5.32 Å². The number of ether oxygens (including phenoxy) is 1. The van der Waals surface area contributed by atoms with Crippen molar-refractivity contribution in [2.45, 2.75) is 39.7 Å². The summed E-state index contributed by atoms with van der Waals surface area (Å²) in [6, 6.07) is 9.39. The zero-order valence-corrected chi connectivity index (χ0v) is 19.2. The highest BCUT2D eigenvalue weighted by molar-refractivity contribution is 7.12. The van der Waals surface area contributed by atoms with Crippen LogP contribution in [0.2, 0.25) is 0 Å². The van der Waals surface area contributed by atoms with Gasteiger partial charge in [-0.1, -0.05) is 19.9 Å². The summed E-state index contributed by atoms with van der Waals surface area (Å²) in [6.45, 7) is 6.60. The van der Waals surface area contributed by atoms with Crippen LogP contribution in [-0.4, -0.2) is 37.9 Å². The maximum atomic E-state index is 12.6. The number of carbonyl (C=O) groups is 3. The standard InChI is InChI=1S/C23H29N3O4S/c1-14(2)23(29)26-11-5-6-16-8-9-17(12-18(16)26)25-22(28)21(27)24-13-19(30-4)20-10-7-15(3)31-20/h7-10,12,14,19H,5-6,11,13H2,1-4H3,(H,24,27)(H,25,28). The topological polar surface area (TPSA) is 87.7 Å². The lowest BCUT2D eigenvalue weighted by molar-refractivity contribution is -0.136. The second-order valence-corrected chi connectivity index (χ2v) is 9.25. The molecule has 3 amide bonds. The van der Waals surface area contributed by atoms with E-state index < -0.39 is 11.8 Å². The molecule has 8 heteroatoms. The van der Waals surface area contributed by atoms with Crippen molar-refractivity contribution >= 4 is 40.4 Å². The number of hydrogen-bond acceptors (Lipinski definition) is 5.